The molecule has 0 aliphatic carbocycles. The van der Waals surface area contributed by atoms with E-state index < -0.39 is 5.60 Å². The van der Waals surface area contributed by atoms with E-state index in [4.69, 9.17) is 14.1 Å². The van der Waals surface area contributed by atoms with E-state index in [1.807, 2.05) is 6.07 Å². The highest BCUT2D eigenvalue weighted by atomic mass is 16.5. The van der Waals surface area contributed by atoms with Gasteiger partial charge >= 0.3 is 5.69 Å². The maximum absolute atomic E-state index is 11.9. The number of nitrogens with zero attached hydrogens (tertiary/aromatic N) is 4. The zero-order valence-electron chi connectivity index (χ0n) is 15.8. The molecule has 2 aliphatic heterocycles. The Kier molecular flexibility index (Phi) is 3.34. The molecule has 142 valence electrons. The van der Waals surface area contributed by atoms with Gasteiger partial charge in [-0.15, -0.1) is 0 Å². The molecule has 1 atom stereocenters. The summed E-state index contributed by atoms with van der Waals surface area (Å²) in [6.45, 7) is 8.82. The molecule has 0 radical (unpaired) electrons. The first-order valence-electron chi connectivity index (χ1n) is 9.27. The molecule has 1 N–H and O–H groups in total. The summed E-state index contributed by atoms with van der Waals surface area (Å²) >= 11 is 0. The van der Waals surface area contributed by atoms with E-state index in [0.29, 0.717) is 31.5 Å². The second-order valence-corrected chi connectivity index (χ2v) is 8.60. The number of anilines is 1. The number of fused-ring (bicyclic) bond motifs is 2. The smallest absolute Gasteiger partial charge is 0.343 e. The van der Waals surface area contributed by atoms with Crippen molar-refractivity contribution in [3.63, 3.8) is 0 Å². The third-order valence-electron chi connectivity index (χ3n) is 5.62. The van der Waals surface area contributed by atoms with Crippen LogP contribution < -0.4 is 10.6 Å². The zero-order chi connectivity index (χ0) is 18.8. The molecule has 8 heteroatoms. The number of hydrogen-bond acceptors (Lipinski definition) is 6. The van der Waals surface area contributed by atoms with Crippen LogP contribution in [-0.4, -0.2) is 38.4 Å². The first kappa shape index (κ1) is 16.6. The van der Waals surface area contributed by atoms with Crippen LogP contribution >= 0.6 is 0 Å². The van der Waals surface area contributed by atoms with Gasteiger partial charge in [0.15, 0.2) is 11.4 Å². The Labute approximate surface area is 156 Å². The molecule has 4 heterocycles. The van der Waals surface area contributed by atoms with Gasteiger partial charge in [-0.05, 0) is 29.5 Å². The van der Waals surface area contributed by atoms with Crippen LogP contribution in [0.3, 0.4) is 0 Å². The lowest BCUT2D eigenvalue weighted by Gasteiger charge is -2.33. The Morgan fingerprint density at radius 1 is 1.26 bits per heavy atom. The van der Waals surface area contributed by atoms with Crippen LogP contribution in [0.5, 0.6) is 0 Å². The summed E-state index contributed by atoms with van der Waals surface area (Å²) in [6, 6.07) is 6.80. The second kappa shape index (κ2) is 5.45. The fraction of sp³-hybridized carbons (Fsp3) is 0.526. The average Bonchev–Trinajstić information content (AvgIpc) is 3.31. The van der Waals surface area contributed by atoms with Crippen molar-refractivity contribution >= 4 is 17.1 Å². The Morgan fingerprint density at radius 2 is 2.11 bits per heavy atom. The Morgan fingerprint density at radius 3 is 2.93 bits per heavy atom. The van der Waals surface area contributed by atoms with Crippen LogP contribution in [0.4, 0.5) is 6.01 Å². The summed E-state index contributed by atoms with van der Waals surface area (Å²) in [5.41, 5.74) is 2.38. The van der Waals surface area contributed by atoms with E-state index in [-0.39, 0.29) is 11.1 Å². The van der Waals surface area contributed by atoms with Crippen LogP contribution in [0.25, 0.3) is 11.1 Å². The average molecular weight is 369 g/mol. The normalized spacial score (nSPS) is 22.7. The molecule has 0 saturated carbocycles. The Balaban J connectivity index is 1.42. The fourth-order valence-corrected chi connectivity index (χ4v) is 3.95. The van der Waals surface area contributed by atoms with Gasteiger partial charge < -0.3 is 14.1 Å². The van der Waals surface area contributed by atoms with Gasteiger partial charge in [-0.1, -0.05) is 26.8 Å². The van der Waals surface area contributed by atoms with Crippen LogP contribution in [-0.2, 0) is 23.3 Å². The SMILES string of the molecule is CC(C)(C)c1ccc2oc(N3CCC4(C3)Cn3c(n[nH]c3=O)CO4)nc2c1. The summed E-state index contributed by atoms with van der Waals surface area (Å²) in [4.78, 5) is 18.8. The number of nitrogens with one attached hydrogen (secondary N) is 1. The molecular weight excluding hydrogens is 346 g/mol. The number of rotatable bonds is 1. The predicted molar refractivity (Wildman–Crippen MR) is 99.9 cm³/mol. The van der Waals surface area contributed by atoms with Gasteiger partial charge in [-0.25, -0.2) is 9.89 Å². The maximum atomic E-state index is 11.9. The van der Waals surface area contributed by atoms with E-state index in [0.717, 1.165) is 24.1 Å². The lowest BCUT2D eigenvalue weighted by Crippen LogP contribution is -2.46. The van der Waals surface area contributed by atoms with Gasteiger partial charge in [0.1, 0.15) is 17.7 Å². The Bertz CT molecular complexity index is 1070. The van der Waals surface area contributed by atoms with Crippen LogP contribution in [0.2, 0.25) is 0 Å². The molecule has 8 nitrogen and oxygen atoms in total. The van der Waals surface area contributed by atoms with Crippen LogP contribution in [0.15, 0.2) is 27.4 Å². The van der Waals surface area contributed by atoms with Crippen molar-refractivity contribution in [2.24, 2.45) is 0 Å². The summed E-state index contributed by atoms with van der Waals surface area (Å²) in [6.07, 6.45) is 0.816. The van der Waals surface area contributed by atoms with E-state index in [2.05, 4.69) is 48.0 Å². The maximum Gasteiger partial charge on any atom is 0.343 e. The summed E-state index contributed by atoms with van der Waals surface area (Å²) in [7, 11) is 0. The standard InChI is InChI=1S/C19H23N5O3/c1-18(2,3)12-4-5-14-13(8-12)20-17(27-14)23-7-6-19(10-23)11-24-15(9-26-19)21-22-16(24)25/h4-5,8H,6-7,9-11H2,1-3H3,(H,22,25). The molecule has 27 heavy (non-hydrogen) atoms. The van der Waals surface area contributed by atoms with Gasteiger partial charge in [0.2, 0.25) is 0 Å². The highest BCUT2D eigenvalue weighted by Gasteiger charge is 2.44. The van der Waals surface area contributed by atoms with E-state index in [9.17, 15) is 4.79 Å². The summed E-state index contributed by atoms with van der Waals surface area (Å²) < 4.78 is 13.8. The number of hydrogen-bond donors (Lipinski definition) is 1. The van der Waals surface area contributed by atoms with Crippen molar-refractivity contribution in [2.45, 2.75) is 51.4 Å². The molecular formula is C19H23N5O3. The number of aromatic amines is 1. The zero-order valence-corrected chi connectivity index (χ0v) is 15.8. The van der Waals surface area contributed by atoms with Crippen molar-refractivity contribution in [1.82, 2.24) is 19.7 Å². The number of aromatic nitrogens is 4. The first-order valence-corrected chi connectivity index (χ1v) is 9.27. The number of H-pyrrole nitrogens is 1. The molecule has 0 amide bonds. The highest BCUT2D eigenvalue weighted by molar-refractivity contribution is 5.75. The lowest BCUT2D eigenvalue weighted by molar-refractivity contribution is -0.0760. The topological polar surface area (TPSA) is 89.2 Å². The molecule has 1 fully saturated rings. The van der Waals surface area contributed by atoms with Crippen molar-refractivity contribution < 1.29 is 9.15 Å². The van der Waals surface area contributed by atoms with Gasteiger partial charge in [-0.3, -0.25) is 4.57 Å². The van der Waals surface area contributed by atoms with E-state index in [1.54, 1.807) is 4.57 Å². The molecule has 1 saturated heterocycles. The molecule has 3 aromatic rings. The van der Waals surface area contributed by atoms with Gasteiger partial charge in [0.25, 0.3) is 6.01 Å². The minimum Gasteiger partial charge on any atom is -0.423 e. The monoisotopic (exact) mass is 369 g/mol. The Hall–Kier alpha value is -2.61. The minimum atomic E-state index is -0.405. The molecule has 2 aromatic heterocycles. The quantitative estimate of drug-likeness (QED) is 0.707. The molecule has 0 bridgehead atoms. The molecule has 5 rings (SSSR count). The van der Waals surface area contributed by atoms with Crippen molar-refractivity contribution in [3.8, 4) is 0 Å². The van der Waals surface area contributed by atoms with E-state index in [1.165, 1.54) is 5.56 Å². The highest BCUT2D eigenvalue weighted by Crippen LogP contribution is 2.35. The second-order valence-electron chi connectivity index (χ2n) is 8.60. The molecule has 2 aliphatic rings. The van der Waals surface area contributed by atoms with E-state index >= 15 is 0 Å². The largest absolute Gasteiger partial charge is 0.423 e. The number of oxazole rings is 1. The summed E-state index contributed by atoms with van der Waals surface area (Å²) in [5.74, 6) is 0.653. The van der Waals surface area contributed by atoms with Crippen molar-refractivity contribution in [1.29, 1.82) is 0 Å². The molecule has 1 unspecified atom stereocenters. The molecule has 1 spiro atoms. The number of benzene rings is 1. The van der Waals surface area contributed by atoms with Crippen molar-refractivity contribution in [3.05, 3.63) is 40.1 Å². The molecule has 1 aromatic carbocycles. The minimum absolute atomic E-state index is 0.0660. The van der Waals surface area contributed by atoms with Crippen molar-refractivity contribution in [2.75, 3.05) is 18.0 Å². The third-order valence-corrected chi connectivity index (χ3v) is 5.62. The summed E-state index contributed by atoms with van der Waals surface area (Å²) in [5, 5.41) is 6.50. The lowest BCUT2D eigenvalue weighted by atomic mass is 9.87. The number of ether oxygens (including phenoxy) is 1. The predicted octanol–water partition coefficient (Wildman–Crippen LogP) is 2.19. The van der Waals surface area contributed by atoms with Crippen LogP contribution in [0.1, 0.15) is 38.6 Å². The van der Waals surface area contributed by atoms with Crippen LogP contribution in [0, 0.1) is 0 Å². The van der Waals surface area contributed by atoms with Gasteiger partial charge in [0.05, 0.1) is 13.1 Å². The van der Waals surface area contributed by atoms with Gasteiger partial charge in [-0.2, -0.15) is 10.1 Å². The first-order chi connectivity index (χ1) is 12.8. The third kappa shape index (κ3) is 2.66. The fourth-order valence-electron chi connectivity index (χ4n) is 3.95. The van der Waals surface area contributed by atoms with Gasteiger partial charge in [0, 0.05) is 6.54 Å².